The lowest BCUT2D eigenvalue weighted by Gasteiger charge is -2.26. The second kappa shape index (κ2) is 3.00. The fraction of sp³-hybridized carbons (Fsp3) is 0.909. The first-order valence-electron chi connectivity index (χ1n) is 5.71. The maximum absolute atomic E-state index is 4.64. The minimum Gasteiger partial charge on any atom is -0.374 e. The van der Waals surface area contributed by atoms with Gasteiger partial charge in [0.2, 0.25) is 0 Å². The minimum atomic E-state index is 0.819. The molecular formula is C11H18N2. The van der Waals surface area contributed by atoms with Crippen LogP contribution in [-0.2, 0) is 0 Å². The Balaban J connectivity index is 1.75. The zero-order valence-electron chi connectivity index (χ0n) is 8.13. The van der Waals surface area contributed by atoms with E-state index in [-0.39, 0.29) is 0 Å². The van der Waals surface area contributed by atoms with E-state index in [1.165, 1.54) is 37.9 Å². The van der Waals surface area contributed by atoms with Crippen molar-refractivity contribution in [2.75, 3.05) is 13.1 Å². The van der Waals surface area contributed by atoms with Crippen LogP contribution in [0.4, 0.5) is 0 Å². The van der Waals surface area contributed by atoms with Gasteiger partial charge in [-0.25, -0.2) is 0 Å². The van der Waals surface area contributed by atoms with Crippen molar-refractivity contribution in [2.45, 2.75) is 32.1 Å². The molecule has 3 unspecified atom stereocenters. The second-order valence-corrected chi connectivity index (χ2v) is 4.83. The molecular weight excluding hydrogens is 160 g/mol. The monoisotopic (exact) mass is 178 g/mol. The lowest BCUT2D eigenvalue weighted by atomic mass is 9.87. The molecule has 2 bridgehead atoms. The summed E-state index contributed by atoms with van der Waals surface area (Å²) in [4.78, 5) is 4.64. The first-order valence-corrected chi connectivity index (χ1v) is 5.71. The van der Waals surface area contributed by atoms with Crippen LogP contribution in [0.25, 0.3) is 0 Å². The summed E-state index contributed by atoms with van der Waals surface area (Å²) in [6.45, 7) is 2.23. The molecule has 3 rings (SSSR count). The van der Waals surface area contributed by atoms with Crippen molar-refractivity contribution >= 4 is 5.84 Å². The largest absolute Gasteiger partial charge is 0.374 e. The van der Waals surface area contributed by atoms with Crippen molar-refractivity contribution in [3.8, 4) is 0 Å². The molecule has 1 heterocycles. The number of amidine groups is 1. The topological polar surface area (TPSA) is 24.4 Å². The van der Waals surface area contributed by atoms with Gasteiger partial charge in [0.15, 0.2) is 0 Å². The van der Waals surface area contributed by atoms with Crippen LogP contribution in [0.1, 0.15) is 32.1 Å². The molecule has 0 aromatic carbocycles. The molecule has 72 valence electrons. The third-order valence-electron chi connectivity index (χ3n) is 4.01. The molecule has 0 saturated heterocycles. The van der Waals surface area contributed by atoms with Gasteiger partial charge in [-0.05, 0) is 37.5 Å². The molecule has 0 aromatic heterocycles. The number of nitrogens with one attached hydrogen (secondary N) is 1. The van der Waals surface area contributed by atoms with E-state index in [2.05, 4.69) is 10.3 Å². The Morgan fingerprint density at radius 2 is 2.23 bits per heavy atom. The number of fused-ring (bicyclic) bond motifs is 2. The van der Waals surface area contributed by atoms with Gasteiger partial charge in [0.25, 0.3) is 0 Å². The molecule has 2 aliphatic carbocycles. The third-order valence-corrected chi connectivity index (χ3v) is 4.01. The van der Waals surface area contributed by atoms with Crippen LogP contribution in [0.5, 0.6) is 0 Å². The molecule has 2 heteroatoms. The van der Waals surface area contributed by atoms with Gasteiger partial charge < -0.3 is 5.32 Å². The Kier molecular flexibility index (Phi) is 1.81. The van der Waals surface area contributed by atoms with Gasteiger partial charge in [0, 0.05) is 19.0 Å². The van der Waals surface area contributed by atoms with E-state index in [0.29, 0.717) is 0 Å². The molecule has 2 fully saturated rings. The Labute approximate surface area is 79.8 Å². The number of hydrogen-bond donors (Lipinski definition) is 1. The highest BCUT2D eigenvalue weighted by atomic mass is 15.0. The van der Waals surface area contributed by atoms with Crippen LogP contribution in [0.15, 0.2) is 4.99 Å². The first kappa shape index (κ1) is 7.84. The van der Waals surface area contributed by atoms with Crippen molar-refractivity contribution < 1.29 is 0 Å². The number of aliphatic imine (C=N–C) groups is 1. The average molecular weight is 178 g/mol. The molecule has 1 aliphatic heterocycles. The quantitative estimate of drug-likeness (QED) is 0.650. The van der Waals surface area contributed by atoms with E-state index in [1.807, 2.05) is 0 Å². The van der Waals surface area contributed by atoms with Crippen LogP contribution in [0.2, 0.25) is 0 Å². The van der Waals surface area contributed by atoms with Gasteiger partial charge >= 0.3 is 0 Å². The standard InChI is InChI=1S/C11H18N2/c1-4-12-11(13-5-1)10-7-8-2-3-9(10)6-8/h8-10H,1-7H2,(H,12,13). The molecule has 3 atom stereocenters. The third kappa shape index (κ3) is 1.27. The highest BCUT2D eigenvalue weighted by Gasteiger charge is 2.41. The number of nitrogens with zero attached hydrogens (tertiary/aromatic N) is 1. The Morgan fingerprint density at radius 1 is 1.23 bits per heavy atom. The van der Waals surface area contributed by atoms with E-state index in [1.54, 1.807) is 0 Å². The first-order chi connectivity index (χ1) is 6.43. The van der Waals surface area contributed by atoms with Crippen LogP contribution < -0.4 is 5.32 Å². The number of hydrogen-bond acceptors (Lipinski definition) is 2. The van der Waals surface area contributed by atoms with Gasteiger partial charge in [-0.15, -0.1) is 0 Å². The van der Waals surface area contributed by atoms with Gasteiger partial charge in [-0.2, -0.15) is 0 Å². The highest BCUT2D eigenvalue weighted by molar-refractivity contribution is 5.85. The Morgan fingerprint density at radius 3 is 2.85 bits per heavy atom. The second-order valence-electron chi connectivity index (χ2n) is 4.83. The molecule has 0 spiro atoms. The van der Waals surface area contributed by atoms with Gasteiger partial charge in [-0.3, -0.25) is 4.99 Å². The predicted molar refractivity (Wildman–Crippen MR) is 53.9 cm³/mol. The fourth-order valence-corrected chi connectivity index (χ4v) is 3.38. The summed E-state index contributed by atoms with van der Waals surface area (Å²) in [6.07, 6.45) is 7.11. The zero-order valence-corrected chi connectivity index (χ0v) is 8.13. The van der Waals surface area contributed by atoms with Crippen LogP contribution in [0, 0.1) is 17.8 Å². The molecule has 13 heavy (non-hydrogen) atoms. The maximum Gasteiger partial charge on any atom is 0.0997 e. The molecule has 0 radical (unpaired) electrons. The Bertz CT molecular complexity index is 234. The molecule has 2 nitrogen and oxygen atoms in total. The van der Waals surface area contributed by atoms with Crippen LogP contribution >= 0.6 is 0 Å². The van der Waals surface area contributed by atoms with Gasteiger partial charge in [0.1, 0.15) is 0 Å². The van der Waals surface area contributed by atoms with E-state index < -0.39 is 0 Å². The molecule has 0 aromatic rings. The van der Waals surface area contributed by atoms with Crippen molar-refractivity contribution in [3.63, 3.8) is 0 Å². The molecule has 3 aliphatic rings. The van der Waals surface area contributed by atoms with Crippen molar-refractivity contribution in [2.24, 2.45) is 22.7 Å². The van der Waals surface area contributed by atoms with Crippen molar-refractivity contribution in [1.82, 2.24) is 5.32 Å². The summed E-state index contributed by atoms with van der Waals surface area (Å²) in [7, 11) is 0. The van der Waals surface area contributed by atoms with E-state index >= 15 is 0 Å². The summed E-state index contributed by atoms with van der Waals surface area (Å²) in [5.74, 6) is 4.20. The van der Waals surface area contributed by atoms with Crippen LogP contribution in [-0.4, -0.2) is 18.9 Å². The SMILES string of the molecule is C1CN=C(C2CC3CCC2C3)NC1. The zero-order chi connectivity index (χ0) is 8.67. The highest BCUT2D eigenvalue weighted by Crippen LogP contribution is 2.48. The lowest BCUT2D eigenvalue weighted by Crippen LogP contribution is -2.37. The summed E-state index contributed by atoms with van der Waals surface area (Å²) in [6, 6.07) is 0. The van der Waals surface area contributed by atoms with Crippen LogP contribution in [0.3, 0.4) is 0 Å². The Hall–Kier alpha value is -0.530. The van der Waals surface area contributed by atoms with E-state index in [9.17, 15) is 0 Å². The van der Waals surface area contributed by atoms with Gasteiger partial charge in [0.05, 0.1) is 5.84 Å². The minimum absolute atomic E-state index is 0.819. The van der Waals surface area contributed by atoms with Gasteiger partial charge in [-0.1, -0.05) is 6.42 Å². The predicted octanol–water partition coefficient (Wildman–Crippen LogP) is 1.81. The summed E-state index contributed by atoms with van der Waals surface area (Å²) >= 11 is 0. The van der Waals surface area contributed by atoms with E-state index in [0.717, 1.165) is 30.8 Å². The summed E-state index contributed by atoms with van der Waals surface area (Å²) in [5.41, 5.74) is 0. The average Bonchev–Trinajstić information content (AvgIpc) is 2.80. The normalized spacial score (nSPS) is 43.1. The van der Waals surface area contributed by atoms with Crippen molar-refractivity contribution in [3.05, 3.63) is 0 Å². The number of rotatable bonds is 1. The maximum atomic E-state index is 4.64. The molecule has 1 N–H and O–H groups in total. The molecule has 2 saturated carbocycles. The fourth-order valence-electron chi connectivity index (χ4n) is 3.38. The van der Waals surface area contributed by atoms with E-state index in [4.69, 9.17) is 0 Å². The molecule has 0 amide bonds. The smallest absolute Gasteiger partial charge is 0.0997 e. The van der Waals surface area contributed by atoms with Crippen molar-refractivity contribution in [1.29, 1.82) is 0 Å². The summed E-state index contributed by atoms with van der Waals surface area (Å²) in [5, 5.41) is 3.50. The summed E-state index contributed by atoms with van der Waals surface area (Å²) < 4.78 is 0. The lowest BCUT2D eigenvalue weighted by molar-refractivity contribution is 0.404.